The number of rotatable bonds is 6. The van der Waals surface area contributed by atoms with Crippen LogP contribution in [-0.2, 0) is 6.42 Å². The van der Waals surface area contributed by atoms with Crippen LogP contribution in [0, 0.1) is 10.1 Å². The molecule has 0 fully saturated rings. The topological polar surface area (TPSA) is 81.5 Å². The fourth-order valence-electron chi connectivity index (χ4n) is 2.67. The summed E-state index contributed by atoms with van der Waals surface area (Å²) in [5, 5.41) is 13.6. The first-order chi connectivity index (χ1) is 13.0. The van der Waals surface area contributed by atoms with Crippen molar-refractivity contribution in [2.24, 2.45) is 0 Å². The van der Waals surface area contributed by atoms with Crippen LogP contribution in [0.1, 0.15) is 21.5 Å². The number of non-ortho nitro benzene ring substituents is 1. The number of carbonyl (C=O) groups excluding carboxylic acids is 1. The van der Waals surface area contributed by atoms with Crippen molar-refractivity contribution in [2.45, 2.75) is 6.42 Å². The maximum atomic E-state index is 12.5. The van der Waals surface area contributed by atoms with Gasteiger partial charge in [-0.2, -0.15) is 0 Å². The molecule has 0 spiro atoms. The first-order valence-corrected chi connectivity index (χ1v) is 8.33. The fraction of sp³-hybridized carbons (Fsp3) is 0.0952. The molecule has 136 valence electrons. The number of carbonyl (C=O) groups is 1. The summed E-state index contributed by atoms with van der Waals surface area (Å²) in [5.74, 6) is 0.517. The van der Waals surface area contributed by atoms with Gasteiger partial charge in [0.05, 0.1) is 12.0 Å². The van der Waals surface area contributed by atoms with E-state index in [-0.39, 0.29) is 11.6 Å². The van der Waals surface area contributed by atoms with Crippen molar-refractivity contribution in [1.82, 2.24) is 0 Å². The van der Waals surface area contributed by atoms with Gasteiger partial charge in [-0.25, -0.2) is 0 Å². The lowest BCUT2D eigenvalue weighted by molar-refractivity contribution is -0.384. The normalized spacial score (nSPS) is 10.3. The van der Waals surface area contributed by atoms with E-state index in [1.165, 1.54) is 12.1 Å². The molecule has 0 aromatic heterocycles. The molecule has 0 radical (unpaired) electrons. The van der Waals surface area contributed by atoms with Gasteiger partial charge in [0.2, 0.25) is 0 Å². The van der Waals surface area contributed by atoms with Gasteiger partial charge in [-0.15, -0.1) is 0 Å². The molecule has 0 atom stereocenters. The largest absolute Gasteiger partial charge is 0.497 e. The van der Waals surface area contributed by atoms with Gasteiger partial charge in [0, 0.05) is 23.4 Å². The Bertz CT molecular complexity index is 951. The van der Waals surface area contributed by atoms with E-state index in [1.807, 2.05) is 18.2 Å². The molecule has 0 bridgehead atoms. The Morgan fingerprint density at radius 1 is 1.00 bits per heavy atom. The molecule has 0 aliphatic carbocycles. The Balaban J connectivity index is 1.70. The summed E-state index contributed by atoms with van der Waals surface area (Å²) in [6, 6.07) is 20.8. The lowest BCUT2D eigenvalue weighted by atomic mass is 10.0. The Kier molecular flexibility index (Phi) is 5.47. The van der Waals surface area contributed by atoms with Gasteiger partial charge in [0.15, 0.2) is 0 Å². The van der Waals surface area contributed by atoms with Crippen LogP contribution in [0.25, 0.3) is 0 Å². The predicted molar refractivity (Wildman–Crippen MR) is 103 cm³/mol. The first kappa shape index (κ1) is 18.1. The van der Waals surface area contributed by atoms with Crippen molar-refractivity contribution in [3.8, 4) is 5.75 Å². The molecule has 0 aliphatic rings. The molecule has 0 heterocycles. The summed E-state index contributed by atoms with van der Waals surface area (Å²) in [5.41, 5.74) is 3.18. The van der Waals surface area contributed by atoms with Crippen LogP contribution in [0.2, 0.25) is 0 Å². The molecular formula is C21H18N2O4. The average Bonchev–Trinajstić information content (AvgIpc) is 2.69. The van der Waals surface area contributed by atoms with Crippen LogP contribution in [0.5, 0.6) is 5.75 Å². The number of hydrogen-bond acceptors (Lipinski definition) is 4. The van der Waals surface area contributed by atoms with E-state index in [0.717, 1.165) is 16.9 Å². The van der Waals surface area contributed by atoms with E-state index >= 15 is 0 Å². The Hall–Kier alpha value is -3.67. The maximum Gasteiger partial charge on any atom is 0.269 e. The number of amides is 1. The van der Waals surface area contributed by atoms with Crippen molar-refractivity contribution in [3.63, 3.8) is 0 Å². The smallest absolute Gasteiger partial charge is 0.269 e. The van der Waals surface area contributed by atoms with Crippen molar-refractivity contribution in [3.05, 3.63) is 99.6 Å². The number of nitro benzene ring substituents is 1. The molecule has 3 rings (SSSR count). The zero-order valence-electron chi connectivity index (χ0n) is 14.7. The van der Waals surface area contributed by atoms with Crippen molar-refractivity contribution in [2.75, 3.05) is 12.4 Å². The molecular weight excluding hydrogens is 344 g/mol. The summed E-state index contributed by atoms with van der Waals surface area (Å²) >= 11 is 0. The van der Waals surface area contributed by atoms with Crippen molar-refractivity contribution >= 4 is 17.3 Å². The third-order valence-corrected chi connectivity index (χ3v) is 4.09. The first-order valence-electron chi connectivity index (χ1n) is 8.33. The quantitative estimate of drug-likeness (QED) is 0.519. The van der Waals surface area contributed by atoms with Crippen molar-refractivity contribution in [1.29, 1.82) is 0 Å². The number of methoxy groups -OCH3 is 1. The summed E-state index contributed by atoms with van der Waals surface area (Å²) in [7, 11) is 1.59. The Morgan fingerprint density at radius 3 is 2.33 bits per heavy atom. The molecule has 0 unspecified atom stereocenters. The zero-order valence-corrected chi connectivity index (χ0v) is 14.7. The number of nitrogens with one attached hydrogen (secondary N) is 1. The maximum absolute atomic E-state index is 12.5. The van der Waals surface area contributed by atoms with Crippen LogP contribution in [-0.4, -0.2) is 17.9 Å². The fourth-order valence-corrected chi connectivity index (χ4v) is 2.67. The van der Waals surface area contributed by atoms with Gasteiger partial charge in [-0.05, 0) is 53.9 Å². The van der Waals surface area contributed by atoms with Gasteiger partial charge in [0.25, 0.3) is 11.6 Å². The minimum atomic E-state index is -0.423. The van der Waals surface area contributed by atoms with Crippen LogP contribution in [0.4, 0.5) is 11.4 Å². The summed E-state index contributed by atoms with van der Waals surface area (Å²) < 4.78 is 5.10. The Labute approximate surface area is 156 Å². The summed E-state index contributed by atoms with van der Waals surface area (Å²) in [6.07, 6.45) is 0.585. The number of benzene rings is 3. The zero-order chi connectivity index (χ0) is 19.2. The monoisotopic (exact) mass is 362 g/mol. The highest BCUT2D eigenvalue weighted by molar-refractivity contribution is 6.04. The van der Waals surface area contributed by atoms with Crippen LogP contribution >= 0.6 is 0 Å². The van der Waals surface area contributed by atoms with E-state index in [4.69, 9.17) is 4.74 Å². The molecule has 6 nitrogen and oxygen atoms in total. The molecule has 3 aromatic carbocycles. The number of nitro groups is 1. The van der Waals surface area contributed by atoms with Crippen LogP contribution in [0.3, 0.4) is 0 Å². The molecule has 0 saturated carbocycles. The lowest BCUT2D eigenvalue weighted by Gasteiger charge is -2.08. The minimum absolute atomic E-state index is 0.0615. The van der Waals surface area contributed by atoms with E-state index in [0.29, 0.717) is 17.7 Å². The van der Waals surface area contributed by atoms with Crippen LogP contribution < -0.4 is 10.1 Å². The standard InChI is InChI=1S/C21H18N2O4/c1-27-20-11-7-18(8-12-20)22-21(24)17-4-2-3-16(14-17)13-15-5-9-19(10-6-15)23(25)26/h2-12,14H,13H2,1H3,(H,22,24). The molecule has 6 heteroatoms. The average molecular weight is 362 g/mol. The number of nitrogens with zero attached hydrogens (tertiary/aromatic N) is 1. The highest BCUT2D eigenvalue weighted by atomic mass is 16.6. The van der Waals surface area contributed by atoms with E-state index in [2.05, 4.69) is 5.32 Å². The molecule has 27 heavy (non-hydrogen) atoms. The second-order valence-electron chi connectivity index (χ2n) is 5.98. The second-order valence-corrected chi connectivity index (χ2v) is 5.98. The van der Waals surface area contributed by atoms with Crippen molar-refractivity contribution < 1.29 is 14.5 Å². The van der Waals surface area contributed by atoms with E-state index < -0.39 is 4.92 Å². The summed E-state index contributed by atoms with van der Waals surface area (Å²) in [6.45, 7) is 0. The number of anilines is 1. The van der Waals surface area contributed by atoms with Crippen LogP contribution in [0.15, 0.2) is 72.8 Å². The predicted octanol–water partition coefficient (Wildman–Crippen LogP) is 4.45. The number of hydrogen-bond donors (Lipinski definition) is 1. The molecule has 0 aliphatic heterocycles. The van der Waals surface area contributed by atoms with E-state index in [9.17, 15) is 14.9 Å². The van der Waals surface area contributed by atoms with Gasteiger partial charge in [0.1, 0.15) is 5.75 Å². The third-order valence-electron chi connectivity index (χ3n) is 4.09. The van der Waals surface area contributed by atoms with Gasteiger partial charge >= 0.3 is 0 Å². The molecule has 3 aromatic rings. The molecule has 0 saturated heterocycles. The highest BCUT2D eigenvalue weighted by Gasteiger charge is 2.09. The lowest BCUT2D eigenvalue weighted by Crippen LogP contribution is -2.12. The highest BCUT2D eigenvalue weighted by Crippen LogP contribution is 2.18. The SMILES string of the molecule is COc1ccc(NC(=O)c2cccc(Cc3ccc([N+](=O)[O-])cc3)c2)cc1. The third kappa shape index (κ3) is 4.70. The number of ether oxygens (including phenoxy) is 1. The van der Waals surface area contributed by atoms with Gasteiger partial charge < -0.3 is 10.1 Å². The molecule has 1 amide bonds. The molecule has 1 N–H and O–H groups in total. The Morgan fingerprint density at radius 2 is 1.70 bits per heavy atom. The van der Waals surface area contributed by atoms with Gasteiger partial charge in [-0.1, -0.05) is 24.3 Å². The second kappa shape index (κ2) is 8.14. The summed E-state index contributed by atoms with van der Waals surface area (Å²) in [4.78, 5) is 22.8. The van der Waals surface area contributed by atoms with Gasteiger partial charge in [-0.3, -0.25) is 14.9 Å². The van der Waals surface area contributed by atoms with E-state index in [1.54, 1.807) is 49.6 Å². The minimum Gasteiger partial charge on any atom is -0.497 e.